The highest BCUT2D eigenvalue weighted by molar-refractivity contribution is 7.89. The highest BCUT2D eigenvalue weighted by Gasteiger charge is 2.30. The van der Waals surface area contributed by atoms with Crippen molar-refractivity contribution in [2.75, 3.05) is 43.5 Å². The summed E-state index contributed by atoms with van der Waals surface area (Å²) in [5.74, 6) is -0.760. The normalized spacial score (nSPS) is 14.6. The summed E-state index contributed by atoms with van der Waals surface area (Å²) in [5, 5.41) is 2.70. The topological polar surface area (TPSA) is 79.0 Å². The van der Waals surface area contributed by atoms with Gasteiger partial charge in [0.1, 0.15) is 11.6 Å². The van der Waals surface area contributed by atoms with Crippen molar-refractivity contribution in [2.24, 2.45) is 0 Å². The lowest BCUT2D eigenvalue weighted by atomic mass is 10.1. The molecule has 184 valence electrons. The van der Waals surface area contributed by atoms with Crippen molar-refractivity contribution in [2.45, 2.75) is 18.7 Å². The van der Waals surface area contributed by atoms with E-state index < -0.39 is 21.7 Å². The average Bonchev–Trinajstić information content (AvgIpc) is 2.87. The Balaban J connectivity index is 1.52. The van der Waals surface area contributed by atoms with E-state index in [9.17, 15) is 17.6 Å². The van der Waals surface area contributed by atoms with E-state index in [1.807, 2.05) is 44.2 Å². The van der Waals surface area contributed by atoms with E-state index in [2.05, 4.69) is 10.2 Å². The van der Waals surface area contributed by atoms with E-state index in [0.717, 1.165) is 34.7 Å². The van der Waals surface area contributed by atoms with Gasteiger partial charge in [-0.3, -0.25) is 4.79 Å². The molecule has 1 fully saturated rings. The fourth-order valence-corrected chi connectivity index (χ4v) is 5.57. The van der Waals surface area contributed by atoms with Crippen molar-refractivity contribution in [1.29, 1.82) is 0 Å². The molecule has 0 spiro atoms. The zero-order chi connectivity index (χ0) is 25.2. The zero-order valence-corrected chi connectivity index (χ0v) is 20.7. The molecule has 0 bridgehead atoms. The molecule has 0 aromatic heterocycles. The van der Waals surface area contributed by atoms with Crippen LogP contribution in [0.15, 0.2) is 65.6 Å². The van der Waals surface area contributed by atoms with E-state index in [0.29, 0.717) is 18.8 Å². The Morgan fingerprint density at radius 3 is 2.40 bits per heavy atom. The Hall–Kier alpha value is -3.43. The van der Waals surface area contributed by atoms with Gasteiger partial charge in [-0.05, 0) is 61.4 Å². The maximum Gasteiger partial charge on any atom is 0.258 e. The van der Waals surface area contributed by atoms with Crippen LogP contribution >= 0.6 is 0 Å². The van der Waals surface area contributed by atoms with Gasteiger partial charge in [-0.25, -0.2) is 12.8 Å². The highest BCUT2D eigenvalue weighted by Crippen LogP contribution is 2.30. The first-order valence-corrected chi connectivity index (χ1v) is 12.7. The lowest BCUT2D eigenvalue weighted by Gasteiger charge is -2.36. The number of benzene rings is 3. The molecule has 3 aromatic carbocycles. The summed E-state index contributed by atoms with van der Waals surface area (Å²) in [6.45, 7) is 5.21. The van der Waals surface area contributed by atoms with Crippen LogP contribution in [-0.4, -0.2) is 51.9 Å². The van der Waals surface area contributed by atoms with Crippen molar-refractivity contribution in [3.63, 3.8) is 0 Å². The number of para-hydroxylation sites is 2. The van der Waals surface area contributed by atoms with Gasteiger partial charge in [-0.1, -0.05) is 24.3 Å². The molecule has 0 saturated carbocycles. The fraction of sp³-hybridized carbons (Fsp3) is 0.269. The van der Waals surface area contributed by atoms with Crippen LogP contribution in [0.4, 0.5) is 15.8 Å². The van der Waals surface area contributed by atoms with Crippen LogP contribution in [0.5, 0.6) is 5.75 Å². The molecule has 0 atom stereocenters. The number of ether oxygens (including phenoxy) is 1. The second-order valence-corrected chi connectivity index (χ2v) is 10.3. The minimum absolute atomic E-state index is 0.115. The number of rotatable bonds is 6. The van der Waals surface area contributed by atoms with E-state index >= 15 is 0 Å². The third-order valence-electron chi connectivity index (χ3n) is 6.34. The summed E-state index contributed by atoms with van der Waals surface area (Å²) < 4.78 is 48.0. The Morgan fingerprint density at radius 2 is 1.69 bits per heavy atom. The summed E-state index contributed by atoms with van der Waals surface area (Å²) in [5.41, 5.74) is 2.97. The zero-order valence-electron chi connectivity index (χ0n) is 19.9. The van der Waals surface area contributed by atoms with E-state index in [1.165, 1.54) is 10.4 Å². The molecular weight excluding hydrogens is 469 g/mol. The summed E-state index contributed by atoms with van der Waals surface area (Å²) in [7, 11) is -2.32. The Bertz CT molecular complexity index is 1350. The van der Waals surface area contributed by atoms with Gasteiger partial charge >= 0.3 is 0 Å². The van der Waals surface area contributed by atoms with E-state index in [1.54, 1.807) is 19.2 Å². The molecule has 3 aromatic rings. The molecule has 1 N–H and O–H groups in total. The van der Waals surface area contributed by atoms with Gasteiger partial charge in [0.15, 0.2) is 0 Å². The number of nitrogens with zero attached hydrogens (tertiary/aromatic N) is 2. The van der Waals surface area contributed by atoms with Crippen molar-refractivity contribution in [1.82, 2.24) is 4.31 Å². The molecule has 1 heterocycles. The number of sulfonamides is 1. The highest BCUT2D eigenvalue weighted by atomic mass is 32.2. The molecule has 1 aliphatic rings. The molecule has 0 radical (unpaired) electrons. The summed E-state index contributed by atoms with van der Waals surface area (Å²) in [6, 6.07) is 16.3. The number of anilines is 2. The smallest absolute Gasteiger partial charge is 0.258 e. The lowest BCUT2D eigenvalue weighted by molar-refractivity contribution is 0.102. The maximum absolute atomic E-state index is 14.6. The Kier molecular flexibility index (Phi) is 7.09. The van der Waals surface area contributed by atoms with Gasteiger partial charge in [0.05, 0.1) is 23.3 Å². The van der Waals surface area contributed by atoms with Gasteiger partial charge in [0.2, 0.25) is 10.0 Å². The van der Waals surface area contributed by atoms with Crippen LogP contribution < -0.4 is 15.0 Å². The number of carbonyl (C=O) groups excluding carboxylic acids is 1. The molecule has 1 amide bonds. The van der Waals surface area contributed by atoms with Crippen molar-refractivity contribution in [3.05, 3.63) is 83.2 Å². The maximum atomic E-state index is 14.6. The van der Waals surface area contributed by atoms with Gasteiger partial charge in [-0.2, -0.15) is 4.31 Å². The van der Waals surface area contributed by atoms with Crippen LogP contribution in [0.1, 0.15) is 21.5 Å². The van der Waals surface area contributed by atoms with Crippen molar-refractivity contribution < 1.29 is 22.3 Å². The van der Waals surface area contributed by atoms with Gasteiger partial charge in [-0.15, -0.1) is 0 Å². The fourth-order valence-electron chi connectivity index (χ4n) is 4.12. The van der Waals surface area contributed by atoms with Crippen molar-refractivity contribution in [3.8, 4) is 5.75 Å². The monoisotopic (exact) mass is 497 g/mol. The molecule has 7 nitrogen and oxygen atoms in total. The minimum Gasteiger partial charge on any atom is -0.495 e. The quantitative estimate of drug-likeness (QED) is 0.552. The first kappa shape index (κ1) is 24.7. The van der Waals surface area contributed by atoms with Crippen LogP contribution in [0.25, 0.3) is 0 Å². The second kappa shape index (κ2) is 10.1. The number of nitrogens with one attached hydrogen (secondary N) is 1. The first-order valence-electron chi connectivity index (χ1n) is 11.3. The molecule has 4 rings (SSSR count). The summed E-state index contributed by atoms with van der Waals surface area (Å²) in [6.07, 6.45) is 0. The number of aryl methyl sites for hydroxylation is 1. The molecule has 1 aliphatic heterocycles. The molecular formula is C26H28FN3O4S. The first-order chi connectivity index (χ1) is 16.7. The lowest BCUT2D eigenvalue weighted by Crippen LogP contribution is -2.48. The predicted molar refractivity (Wildman–Crippen MR) is 134 cm³/mol. The van der Waals surface area contributed by atoms with Crippen LogP contribution in [0.2, 0.25) is 0 Å². The Labute approximate surface area is 205 Å². The van der Waals surface area contributed by atoms with Crippen molar-refractivity contribution >= 4 is 27.3 Å². The molecule has 0 aliphatic carbocycles. The molecule has 35 heavy (non-hydrogen) atoms. The standard InChI is InChI=1S/C26H28FN3O4S/c1-18-7-6-8-23(19(18)2)28-26(31)21-17-20(11-12-22(21)27)35(32,33)30-15-13-29(14-16-30)24-9-4-5-10-25(24)34-3/h4-12,17H,13-16H2,1-3H3,(H,28,31). The van der Waals surface area contributed by atoms with E-state index in [4.69, 9.17) is 4.74 Å². The minimum atomic E-state index is -3.92. The number of halogens is 1. The number of methoxy groups -OCH3 is 1. The van der Waals surface area contributed by atoms with Crippen LogP contribution in [0, 0.1) is 19.7 Å². The number of piperazine rings is 1. The summed E-state index contributed by atoms with van der Waals surface area (Å²) >= 11 is 0. The van der Waals surface area contributed by atoms with Gasteiger partial charge in [0.25, 0.3) is 5.91 Å². The number of hydrogen-bond acceptors (Lipinski definition) is 5. The third kappa shape index (κ3) is 5.01. The third-order valence-corrected chi connectivity index (χ3v) is 8.23. The Morgan fingerprint density at radius 1 is 0.971 bits per heavy atom. The number of hydrogen-bond donors (Lipinski definition) is 1. The van der Waals surface area contributed by atoms with E-state index in [-0.39, 0.29) is 23.5 Å². The SMILES string of the molecule is COc1ccccc1N1CCN(S(=O)(=O)c2ccc(F)c(C(=O)Nc3cccc(C)c3C)c2)CC1. The molecule has 9 heteroatoms. The largest absolute Gasteiger partial charge is 0.495 e. The predicted octanol–water partition coefficient (Wildman–Crippen LogP) is 4.21. The second-order valence-electron chi connectivity index (χ2n) is 8.41. The summed E-state index contributed by atoms with van der Waals surface area (Å²) in [4.78, 5) is 14.8. The number of carbonyl (C=O) groups is 1. The van der Waals surface area contributed by atoms with Gasteiger partial charge in [0, 0.05) is 31.9 Å². The number of amides is 1. The molecule has 1 saturated heterocycles. The van der Waals surface area contributed by atoms with Crippen LogP contribution in [0.3, 0.4) is 0 Å². The van der Waals surface area contributed by atoms with Crippen LogP contribution in [-0.2, 0) is 10.0 Å². The van der Waals surface area contributed by atoms with Gasteiger partial charge < -0.3 is 15.0 Å². The molecule has 0 unspecified atom stereocenters. The average molecular weight is 498 g/mol.